The van der Waals surface area contributed by atoms with E-state index in [2.05, 4.69) is 10.3 Å². The molecule has 0 saturated carbocycles. The second-order valence-corrected chi connectivity index (χ2v) is 6.04. The topological polar surface area (TPSA) is 61.6 Å². The molecule has 1 aliphatic heterocycles. The molecule has 1 atom stereocenters. The van der Waals surface area contributed by atoms with Crippen molar-refractivity contribution in [1.82, 2.24) is 20.1 Å². The molecule has 6 heteroatoms. The Morgan fingerprint density at radius 1 is 1.39 bits per heavy atom. The highest BCUT2D eigenvalue weighted by atomic mass is 16.3. The second kappa shape index (κ2) is 6.83. The number of likely N-dealkylation sites (tertiary alicyclic amines) is 1. The van der Waals surface area contributed by atoms with Gasteiger partial charge in [0, 0.05) is 37.4 Å². The zero-order valence-electron chi connectivity index (χ0n) is 13.5. The van der Waals surface area contributed by atoms with Gasteiger partial charge in [-0.1, -0.05) is 6.07 Å². The number of furan rings is 1. The van der Waals surface area contributed by atoms with Gasteiger partial charge in [0.15, 0.2) is 0 Å². The lowest BCUT2D eigenvalue weighted by Crippen LogP contribution is -2.53. The first-order valence-electron chi connectivity index (χ1n) is 7.78. The number of nitrogens with one attached hydrogen (secondary N) is 1. The molecular weight excluding hydrogens is 292 g/mol. The number of carbonyl (C=O) groups is 1. The first-order chi connectivity index (χ1) is 11.1. The third kappa shape index (κ3) is 3.53. The standard InChI is InChI=1S/C17H22N4O2/c1-20(2)15(16-7-5-9-23-16)10-19-17(22)21-11-13(12-21)14-6-3-4-8-18-14/h3-9,13,15H,10-12H2,1-2H3,(H,19,22)/t15-/m0/s1. The number of hydrogen-bond acceptors (Lipinski definition) is 4. The van der Waals surface area contributed by atoms with E-state index in [9.17, 15) is 4.79 Å². The molecule has 6 nitrogen and oxygen atoms in total. The molecule has 1 N–H and O–H groups in total. The molecule has 122 valence electrons. The van der Waals surface area contributed by atoms with E-state index in [-0.39, 0.29) is 12.1 Å². The summed E-state index contributed by atoms with van der Waals surface area (Å²) in [5.74, 6) is 1.20. The SMILES string of the molecule is CN(C)[C@@H](CNC(=O)N1CC(c2ccccn2)C1)c1ccco1. The largest absolute Gasteiger partial charge is 0.468 e. The van der Waals surface area contributed by atoms with Gasteiger partial charge in [-0.15, -0.1) is 0 Å². The fourth-order valence-electron chi connectivity index (χ4n) is 2.76. The van der Waals surface area contributed by atoms with Crippen LogP contribution in [-0.4, -0.2) is 54.5 Å². The van der Waals surface area contributed by atoms with Gasteiger partial charge in [0.2, 0.25) is 0 Å². The van der Waals surface area contributed by atoms with E-state index in [1.165, 1.54) is 0 Å². The minimum atomic E-state index is -0.0319. The molecule has 0 radical (unpaired) electrons. The molecule has 23 heavy (non-hydrogen) atoms. The molecular formula is C17H22N4O2. The molecule has 2 amide bonds. The van der Waals surface area contributed by atoms with Gasteiger partial charge in [-0.3, -0.25) is 9.88 Å². The fraction of sp³-hybridized carbons (Fsp3) is 0.412. The van der Waals surface area contributed by atoms with Crippen LogP contribution in [-0.2, 0) is 0 Å². The van der Waals surface area contributed by atoms with Crippen LogP contribution in [0.3, 0.4) is 0 Å². The van der Waals surface area contributed by atoms with Crippen molar-refractivity contribution in [2.24, 2.45) is 0 Å². The first kappa shape index (κ1) is 15.6. The van der Waals surface area contributed by atoms with Crippen molar-refractivity contribution in [1.29, 1.82) is 0 Å². The average molecular weight is 314 g/mol. The number of nitrogens with zero attached hydrogens (tertiary/aromatic N) is 3. The van der Waals surface area contributed by atoms with E-state index in [4.69, 9.17) is 4.42 Å². The smallest absolute Gasteiger partial charge is 0.317 e. The summed E-state index contributed by atoms with van der Waals surface area (Å²) >= 11 is 0. The summed E-state index contributed by atoms with van der Waals surface area (Å²) in [6, 6.07) is 9.69. The summed E-state index contributed by atoms with van der Waals surface area (Å²) in [6.07, 6.45) is 3.45. The quantitative estimate of drug-likeness (QED) is 0.918. The number of urea groups is 1. The van der Waals surface area contributed by atoms with Crippen LogP contribution in [0.5, 0.6) is 0 Å². The van der Waals surface area contributed by atoms with Crippen molar-refractivity contribution in [2.75, 3.05) is 33.7 Å². The lowest BCUT2D eigenvalue weighted by atomic mass is 9.96. The number of rotatable bonds is 5. The zero-order valence-corrected chi connectivity index (χ0v) is 13.5. The van der Waals surface area contributed by atoms with Gasteiger partial charge in [0.1, 0.15) is 5.76 Å². The molecule has 2 aromatic rings. The van der Waals surface area contributed by atoms with Gasteiger partial charge in [0.25, 0.3) is 0 Å². The van der Waals surface area contributed by atoms with Crippen LogP contribution in [0.1, 0.15) is 23.4 Å². The van der Waals surface area contributed by atoms with Crippen LogP contribution in [0, 0.1) is 0 Å². The highest BCUT2D eigenvalue weighted by molar-refractivity contribution is 5.75. The molecule has 0 spiro atoms. The van der Waals surface area contributed by atoms with Crippen molar-refractivity contribution in [3.63, 3.8) is 0 Å². The van der Waals surface area contributed by atoms with Crippen LogP contribution >= 0.6 is 0 Å². The lowest BCUT2D eigenvalue weighted by molar-refractivity contribution is 0.146. The Hall–Kier alpha value is -2.34. The lowest BCUT2D eigenvalue weighted by Gasteiger charge is -2.39. The third-order valence-electron chi connectivity index (χ3n) is 4.22. The Bertz CT molecular complexity index is 621. The predicted molar refractivity (Wildman–Crippen MR) is 87.1 cm³/mol. The van der Waals surface area contributed by atoms with Crippen LogP contribution in [0.25, 0.3) is 0 Å². The number of amides is 2. The van der Waals surface area contributed by atoms with Gasteiger partial charge in [-0.2, -0.15) is 0 Å². The summed E-state index contributed by atoms with van der Waals surface area (Å²) in [4.78, 5) is 20.4. The minimum Gasteiger partial charge on any atom is -0.468 e. The first-order valence-corrected chi connectivity index (χ1v) is 7.78. The fourth-order valence-corrected chi connectivity index (χ4v) is 2.76. The molecule has 0 aliphatic carbocycles. The highest BCUT2D eigenvalue weighted by Gasteiger charge is 2.32. The summed E-state index contributed by atoms with van der Waals surface area (Å²) in [6.45, 7) is 1.95. The van der Waals surface area contributed by atoms with E-state index in [0.29, 0.717) is 12.5 Å². The van der Waals surface area contributed by atoms with Crippen molar-refractivity contribution in [3.8, 4) is 0 Å². The Balaban J connectivity index is 1.49. The van der Waals surface area contributed by atoms with Crippen LogP contribution in [0.15, 0.2) is 47.2 Å². The number of aromatic nitrogens is 1. The van der Waals surface area contributed by atoms with Crippen molar-refractivity contribution in [2.45, 2.75) is 12.0 Å². The summed E-state index contributed by atoms with van der Waals surface area (Å²) in [7, 11) is 3.94. The van der Waals surface area contributed by atoms with Gasteiger partial charge in [0.05, 0.1) is 12.3 Å². The summed E-state index contributed by atoms with van der Waals surface area (Å²) in [5.41, 5.74) is 1.05. The predicted octanol–water partition coefficient (Wildman–Crippen LogP) is 2.09. The minimum absolute atomic E-state index is 0.0295. The molecule has 3 heterocycles. The molecule has 1 fully saturated rings. The van der Waals surface area contributed by atoms with Crippen LogP contribution in [0.4, 0.5) is 4.79 Å². The van der Waals surface area contributed by atoms with Gasteiger partial charge in [-0.25, -0.2) is 4.79 Å². The monoisotopic (exact) mass is 314 g/mol. The average Bonchev–Trinajstić information content (AvgIpc) is 3.01. The molecule has 0 aromatic carbocycles. The molecule has 1 saturated heterocycles. The van der Waals surface area contributed by atoms with Gasteiger partial charge in [-0.05, 0) is 38.4 Å². The van der Waals surface area contributed by atoms with Crippen LogP contribution in [0.2, 0.25) is 0 Å². The Labute approximate surface area is 136 Å². The van der Waals surface area contributed by atoms with Gasteiger partial charge >= 0.3 is 6.03 Å². The van der Waals surface area contributed by atoms with Crippen molar-refractivity contribution >= 4 is 6.03 Å². The van der Waals surface area contributed by atoms with Crippen molar-refractivity contribution < 1.29 is 9.21 Å². The number of likely N-dealkylation sites (N-methyl/N-ethyl adjacent to an activating group) is 1. The van der Waals surface area contributed by atoms with E-state index in [1.54, 1.807) is 12.5 Å². The summed E-state index contributed by atoms with van der Waals surface area (Å²) in [5, 5.41) is 2.99. The second-order valence-electron chi connectivity index (χ2n) is 6.04. The van der Waals surface area contributed by atoms with E-state index < -0.39 is 0 Å². The maximum absolute atomic E-state index is 12.2. The van der Waals surface area contributed by atoms with E-state index in [1.807, 2.05) is 54.2 Å². The van der Waals surface area contributed by atoms with E-state index >= 15 is 0 Å². The molecule has 1 aliphatic rings. The third-order valence-corrected chi connectivity index (χ3v) is 4.22. The molecule has 2 aromatic heterocycles. The van der Waals surface area contributed by atoms with E-state index in [0.717, 1.165) is 24.5 Å². The molecule has 0 bridgehead atoms. The van der Waals surface area contributed by atoms with Crippen molar-refractivity contribution in [3.05, 3.63) is 54.2 Å². The summed E-state index contributed by atoms with van der Waals surface area (Å²) < 4.78 is 5.45. The zero-order chi connectivity index (χ0) is 16.2. The number of hydrogen-bond donors (Lipinski definition) is 1. The Kier molecular flexibility index (Phi) is 4.62. The number of carbonyl (C=O) groups excluding carboxylic acids is 1. The molecule has 0 unspecified atom stereocenters. The Morgan fingerprint density at radius 3 is 2.83 bits per heavy atom. The maximum Gasteiger partial charge on any atom is 0.317 e. The van der Waals surface area contributed by atoms with Crippen LogP contribution < -0.4 is 5.32 Å². The molecule has 3 rings (SSSR count). The number of pyridine rings is 1. The Morgan fingerprint density at radius 2 is 2.22 bits per heavy atom. The highest BCUT2D eigenvalue weighted by Crippen LogP contribution is 2.25. The van der Waals surface area contributed by atoms with Gasteiger partial charge < -0.3 is 14.6 Å². The maximum atomic E-state index is 12.2. The normalized spacial score (nSPS) is 16.2.